The predicted octanol–water partition coefficient (Wildman–Crippen LogP) is 3.88. The molecule has 0 fully saturated rings. The number of ether oxygens (including phenoxy) is 1. The number of hydrogen-bond acceptors (Lipinski definition) is 3. The number of hydrogen-bond donors (Lipinski definition) is 1. The highest BCUT2D eigenvalue weighted by atomic mass is 35.5. The SMILES string of the molecule is Cc1cc2ncn(C[C@H](O)COCc3ccccc3Cl)c2cc1C. The van der Waals surface area contributed by atoms with Crippen molar-refractivity contribution in [2.75, 3.05) is 6.61 Å². The maximum absolute atomic E-state index is 10.2. The molecule has 0 amide bonds. The Hall–Kier alpha value is -1.88. The first kappa shape index (κ1) is 17.0. The van der Waals surface area contributed by atoms with Crippen molar-refractivity contribution >= 4 is 22.6 Å². The molecule has 3 rings (SSSR count). The van der Waals surface area contributed by atoms with Gasteiger partial charge in [-0.2, -0.15) is 0 Å². The number of aryl methyl sites for hydroxylation is 2. The summed E-state index contributed by atoms with van der Waals surface area (Å²) in [6.07, 6.45) is 1.16. The van der Waals surface area contributed by atoms with Gasteiger partial charge in [0, 0.05) is 5.02 Å². The van der Waals surface area contributed by atoms with Crippen LogP contribution in [0, 0.1) is 13.8 Å². The molecule has 0 saturated carbocycles. The van der Waals surface area contributed by atoms with E-state index in [-0.39, 0.29) is 6.61 Å². The monoisotopic (exact) mass is 344 g/mol. The van der Waals surface area contributed by atoms with Gasteiger partial charge < -0.3 is 14.4 Å². The minimum absolute atomic E-state index is 0.246. The second kappa shape index (κ2) is 7.34. The molecule has 0 unspecified atom stereocenters. The van der Waals surface area contributed by atoms with E-state index in [1.165, 1.54) is 11.1 Å². The molecule has 0 spiro atoms. The van der Waals surface area contributed by atoms with Gasteiger partial charge in [-0.25, -0.2) is 4.98 Å². The molecule has 5 heteroatoms. The Labute approximate surface area is 146 Å². The summed E-state index contributed by atoms with van der Waals surface area (Å²) in [4.78, 5) is 4.41. The van der Waals surface area contributed by atoms with Crippen LogP contribution < -0.4 is 0 Å². The zero-order valence-corrected chi connectivity index (χ0v) is 14.6. The molecule has 0 bridgehead atoms. The van der Waals surface area contributed by atoms with Gasteiger partial charge in [0.2, 0.25) is 0 Å². The van der Waals surface area contributed by atoms with Crippen LogP contribution in [0.2, 0.25) is 5.02 Å². The third-order valence-electron chi connectivity index (χ3n) is 4.17. The summed E-state index contributed by atoms with van der Waals surface area (Å²) < 4.78 is 7.56. The smallest absolute Gasteiger partial charge is 0.0959 e. The Morgan fingerprint density at radius 1 is 1.21 bits per heavy atom. The quantitative estimate of drug-likeness (QED) is 0.738. The highest BCUT2D eigenvalue weighted by Gasteiger charge is 2.10. The molecular weight excluding hydrogens is 324 g/mol. The van der Waals surface area contributed by atoms with Crippen molar-refractivity contribution in [3.63, 3.8) is 0 Å². The van der Waals surface area contributed by atoms with E-state index in [1.807, 2.05) is 28.8 Å². The summed E-state index contributed by atoms with van der Waals surface area (Å²) in [5, 5.41) is 10.9. The lowest BCUT2D eigenvalue weighted by Crippen LogP contribution is -2.21. The zero-order chi connectivity index (χ0) is 17.1. The summed E-state index contributed by atoms with van der Waals surface area (Å²) in [5.41, 5.74) is 5.33. The number of aromatic nitrogens is 2. The van der Waals surface area contributed by atoms with Crippen LogP contribution in [0.5, 0.6) is 0 Å². The van der Waals surface area contributed by atoms with Crippen molar-refractivity contribution in [2.24, 2.45) is 0 Å². The Balaban J connectivity index is 1.60. The van der Waals surface area contributed by atoms with Gasteiger partial charge in [0.1, 0.15) is 0 Å². The first-order valence-electron chi connectivity index (χ1n) is 7.96. The second-order valence-electron chi connectivity index (χ2n) is 6.08. The van der Waals surface area contributed by atoms with E-state index in [9.17, 15) is 5.11 Å². The van der Waals surface area contributed by atoms with Gasteiger partial charge in [0.15, 0.2) is 0 Å². The lowest BCUT2D eigenvalue weighted by molar-refractivity contribution is 0.0209. The molecule has 3 aromatic rings. The Bertz CT molecular complexity index is 844. The standard InChI is InChI=1S/C19H21ClN2O2/c1-13-7-18-19(8-14(13)2)22(12-21-18)9-16(23)11-24-10-15-5-3-4-6-17(15)20/h3-8,12,16,23H,9-11H2,1-2H3/t16-/m0/s1. The molecule has 0 aliphatic heterocycles. The van der Waals surface area contributed by atoms with Crippen LogP contribution in [0.1, 0.15) is 16.7 Å². The maximum Gasteiger partial charge on any atom is 0.0959 e. The molecule has 1 N–H and O–H groups in total. The highest BCUT2D eigenvalue weighted by molar-refractivity contribution is 6.31. The molecule has 2 aromatic carbocycles. The fourth-order valence-electron chi connectivity index (χ4n) is 2.66. The summed E-state index contributed by atoms with van der Waals surface area (Å²) in [6.45, 7) is 5.23. The molecule has 1 aromatic heterocycles. The molecule has 1 atom stereocenters. The van der Waals surface area contributed by atoms with Crippen LogP contribution in [0.15, 0.2) is 42.7 Å². The van der Waals surface area contributed by atoms with Crippen LogP contribution in [0.4, 0.5) is 0 Å². The van der Waals surface area contributed by atoms with E-state index >= 15 is 0 Å². The van der Waals surface area contributed by atoms with Crippen molar-refractivity contribution < 1.29 is 9.84 Å². The normalized spacial score (nSPS) is 12.7. The Kier molecular flexibility index (Phi) is 5.19. The molecule has 24 heavy (non-hydrogen) atoms. The number of benzene rings is 2. The first-order valence-corrected chi connectivity index (χ1v) is 8.33. The third-order valence-corrected chi connectivity index (χ3v) is 4.54. The van der Waals surface area contributed by atoms with Gasteiger partial charge in [-0.05, 0) is 48.7 Å². The van der Waals surface area contributed by atoms with Gasteiger partial charge >= 0.3 is 0 Å². The molecule has 4 nitrogen and oxygen atoms in total. The Morgan fingerprint density at radius 2 is 1.96 bits per heavy atom. The molecule has 1 heterocycles. The van der Waals surface area contributed by atoms with Crippen LogP contribution in [-0.4, -0.2) is 27.4 Å². The number of halogens is 1. The lowest BCUT2D eigenvalue weighted by Gasteiger charge is -2.13. The molecule has 0 saturated heterocycles. The topological polar surface area (TPSA) is 47.3 Å². The molecule has 0 aliphatic rings. The fraction of sp³-hybridized carbons (Fsp3) is 0.316. The third kappa shape index (κ3) is 3.78. The summed E-state index contributed by atoms with van der Waals surface area (Å²) in [7, 11) is 0. The van der Waals surface area contributed by atoms with Crippen molar-refractivity contribution in [1.82, 2.24) is 9.55 Å². The van der Waals surface area contributed by atoms with Gasteiger partial charge in [-0.1, -0.05) is 29.8 Å². The minimum Gasteiger partial charge on any atom is -0.389 e. The van der Waals surface area contributed by atoms with E-state index < -0.39 is 6.10 Å². The van der Waals surface area contributed by atoms with Crippen molar-refractivity contribution in [3.8, 4) is 0 Å². The van der Waals surface area contributed by atoms with Gasteiger partial charge in [-0.3, -0.25) is 0 Å². The molecule has 0 radical (unpaired) electrons. The average Bonchev–Trinajstić information content (AvgIpc) is 2.92. The molecule has 126 valence electrons. The second-order valence-corrected chi connectivity index (χ2v) is 6.49. The van der Waals surface area contributed by atoms with Crippen molar-refractivity contribution in [1.29, 1.82) is 0 Å². The average molecular weight is 345 g/mol. The van der Waals surface area contributed by atoms with Crippen molar-refractivity contribution in [3.05, 3.63) is 64.4 Å². The predicted molar refractivity (Wildman–Crippen MR) is 96.3 cm³/mol. The highest BCUT2D eigenvalue weighted by Crippen LogP contribution is 2.19. The van der Waals surface area contributed by atoms with E-state index in [4.69, 9.17) is 16.3 Å². The van der Waals surface area contributed by atoms with Crippen LogP contribution in [0.25, 0.3) is 11.0 Å². The van der Waals surface area contributed by atoms with Gasteiger partial charge in [-0.15, -0.1) is 0 Å². The summed E-state index contributed by atoms with van der Waals surface area (Å²) in [6, 6.07) is 11.7. The number of imidazole rings is 1. The number of aliphatic hydroxyl groups excluding tert-OH is 1. The number of nitrogens with zero attached hydrogens (tertiary/aromatic N) is 2. The van der Waals surface area contributed by atoms with Crippen LogP contribution in [0.3, 0.4) is 0 Å². The maximum atomic E-state index is 10.2. The largest absolute Gasteiger partial charge is 0.389 e. The number of fused-ring (bicyclic) bond motifs is 1. The molecule has 0 aliphatic carbocycles. The fourth-order valence-corrected chi connectivity index (χ4v) is 2.85. The minimum atomic E-state index is -0.605. The zero-order valence-electron chi connectivity index (χ0n) is 13.9. The van der Waals surface area contributed by atoms with Crippen LogP contribution in [-0.2, 0) is 17.9 Å². The van der Waals surface area contributed by atoms with Crippen molar-refractivity contribution in [2.45, 2.75) is 33.1 Å². The van der Waals surface area contributed by atoms with Crippen LogP contribution >= 0.6 is 11.6 Å². The van der Waals surface area contributed by atoms with Gasteiger partial charge in [0.05, 0.1) is 43.2 Å². The first-order chi connectivity index (χ1) is 11.5. The van der Waals surface area contributed by atoms with Gasteiger partial charge in [0.25, 0.3) is 0 Å². The number of aliphatic hydroxyl groups is 1. The number of rotatable bonds is 6. The van der Waals surface area contributed by atoms with E-state index in [2.05, 4.69) is 31.0 Å². The summed E-state index contributed by atoms with van der Waals surface area (Å²) in [5.74, 6) is 0. The van der Waals surface area contributed by atoms with E-state index in [0.29, 0.717) is 18.2 Å². The van der Waals surface area contributed by atoms with E-state index in [0.717, 1.165) is 16.6 Å². The van der Waals surface area contributed by atoms with E-state index in [1.54, 1.807) is 6.33 Å². The molecular formula is C19H21ClN2O2. The Morgan fingerprint density at radius 3 is 2.75 bits per heavy atom. The lowest BCUT2D eigenvalue weighted by atomic mass is 10.1. The summed E-state index contributed by atoms with van der Waals surface area (Å²) >= 11 is 6.09.